The number of nitriles is 1. The standard InChI is InChI=1S/C13H12N4O2S/c1-17-12(10-4-2-3-9(7-10)8-14)15-16-13(17)20-6-5-11(18)19/h2-4,7H,5-6H2,1H3,(H,18,19). The van der Waals surface area contributed by atoms with Crippen LogP contribution in [-0.2, 0) is 11.8 Å². The van der Waals surface area contributed by atoms with Crippen LogP contribution in [0, 0.1) is 11.3 Å². The number of hydrogen-bond acceptors (Lipinski definition) is 5. The third-order valence-corrected chi connectivity index (χ3v) is 3.65. The summed E-state index contributed by atoms with van der Waals surface area (Å²) in [6, 6.07) is 9.20. The van der Waals surface area contributed by atoms with Crippen LogP contribution in [0.1, 0.15) is 12.0 Å². The van der Waals surface area contributed by atoms with Crippen LogP contribution in [0.3, 0.4) is 0 Å². The summed E-state index contributed by atoms with van der Waals surface area (Å²) < 4.78 is 1.79. The Morgan fingerprint density at radius 1 is 1.50 bits per heavy atom. The lowest BCUT2D eigenvalue weighted by molar-refractivity contribution is -0.136. The first kappa shape index (κ1) is 14.1. The molecule has 0 aliphatic rings. The summed E-state index contributed by atoms with van der Waals surface area (Å²) >= 11 is 1.34. The van der Waals surface area contributed by atoms with Crippen LogP contribution in [0.4, 0.5) is 0 Å². The molecule has 7 heteroatoms. The second kappa shape index (κ2) is 6.21. The molecule has 0 bridgehead atoms. The SMILES string of the molecule is Cn1c(SCCC(=O)O)nnc1-c1cccc(C#N)c1. The zero-order valence-corrected chi connectivity index (χ0v) is 11.6. The molecule has 1 N–H and O–H groups in total. The first-order chi connectivity index (χ1) is 9.61. The van der Waals surface area contributed by atoms with Gasteiger partial charge in [0.25, 0.3) is 0 Å². The van der Waals surface area contributed by atoms with Crippen molar-refractivity contribution in [2.45, 2.75) is 11.6 Å². The first-order valence-electron chi connectivity index (χ1n) is 5.86. The largest absolute Gasteiger partial charge is 0.481 e. The smallest absolute Gasteiger partial charge is 0.304 e. The maximum absolute atomic E-state index is 10.5. The average molecular weight is 288 g/mol. The van der Waals surface area contributed by atoms with Gasteiger partial charge in [0.05, 0.1) is 18.1 Å². The van der Waals surface area contributed by atoms with Gasteiger partial charge in [-0.05, 0) is 12.1 Å². The highest BCUT2D eigenvalue weighted by Gasteiger charge is 2.12. The Bertz CT molecular complexity index is 675. The molecule has 2 rings (SSSR count). The number of carboxylic acid groups (broad SMARTS) is 1. The molecule has 0 aliphatic heterocycles. The number of rotatable bonds is 5. The third-order valence-electron chi connectivity index (χ3n) is 2.63. The summed E-state index contributed by atoms with van der Waals surface area (Å²) in [5.41, 5.74) is 1.37. The van der Waals surface area contributed by atoms with Crippen LogP contribution in [-0.4, -0.2) is 31.6 Å². The molecular weight excluding hydrogens is 276 g/mol. The summed E-state index contributed by atoms with van der Waals surface area (Å²) in [5, 5.41) is 26.3. The lowest BCUT2D eigenvalue weighted by atomic mass is 10.1. The van der Waals surface area contributed by atoms with Crippen molar-refractivity contribution in [3.63, 3.8) is 0 Å². The van der Waals surface area contributed by atoms with E-state index in [2.05, 4.69) is 16.3 Å². The summed E-state index contributed by atoms with van der Waals surface area (Å²) in [5.74, 6) is 0.265. The number of hydrogen-bond donors (Lipinski definition) is 1. The molecule has 0 spiro atoms. The highest BCUT2D eigenvalue weighted by atomic mass is 32.2. The van der Waals surface area contributed by atoms with Crippen molar-refractivity contribution in [1.82, 2.24) is 14.8 Å². The zero-order chi connectivity index (χ0) is 14.5. The van der Waals surface area contributed by atoms with Gasteiger partial charge in [0.2, 0.25) is 0 Å². The quantitative estimate of drug-likeness (QED) is 0.845. The van der Waals surface area contributed by atoms with Crippen LogP contribution in [0.15, 0.2) is 29.4 Å². The summed E-state index contributed by atoms with van der Waals surface area (Å²) in [6.07, 6.45) is 0.0801. The maximum Gasteiger partial charge on any atom is 0.304 e. The monoisotopic (exact) mass is 288 g/mol. The fourth-order valence-electron chi connectivity index (χ4n) is 1.65. The van der Waals surface area contributed by atoms with E-state index in [9.17, 15) is 4.79 Å². The molecule has 0 fully saturated rings. The van der Waals surface area contributed by atoms with E-state index >= 15 is 0 Å². The molecule has 1 aromatic carbocycles. The molecule has 0 amide bonds. The van der Waals surface area contributed by atoms with Crippen molar-refractivity contribution in [1.29, 1.82) is 5.26 Å². The van der Waals surface area contributed by atoms with Crippen LogP contribution >= 0.6 is 11.8 Å². The number of benzene rings is 1. The highest BCUT2D eigenvalue weighted by molar-refractivity contribution is 7.99. The molecule has 0 aliphatic carbocycles. The van der Waals surface area contributed by atoms with Gasteiger partial charge in [-0.3, -0.25) is 4.79 Å². The minimum Gasteiger partial charge on any atom is -0.481 e. The molecule has 20 heavy (non-hydrogen) atoms. The number of aliphatic carboxylic acids is 1. The minimum absolute atomic E-state index is 0.0801. The van der Waals surface area contributed by atoms with Gasteiger partial charge in [0.1, 0.15) is 0 Å². The van der Waals surface area contributed by atoms with Crippen molar-refractivity contribution < 1.29 is 9.90 Å². The Labute approximate surface area is 120 Å². The number of aromatic nitrogens is 3. The van der Waals surface area contributed by atoms with Gasteiger partial charge in [-0.2, -0.15) is 5.26 Å². The Kier molecular flexibility index (Phi) is 4.38. The van der Waals surface area contributed by atoms with Crippen molar-refractivity contribution in [3.05, 3.63) is 29.8 Å². The van der Waals surface area contributed by atoms with Crippen LogP contribution in [0.5, 0.6) is 0 Å². The Morgan fingerprint density at radius 2 is 2.30 bits per heavy atom. The molecule has 0 saturated carbocycles. The van der Waals surface area contributed by atoms with Crippen LogP contribution in [0.25, 0.3) is 11.4 Å². The van der Waals surface area contributed by atoms with Crippen LogP contribution < -0.4 is 0 Å². The summed E-state index contributed by atoms with van der Waals surface area (Å²) in [7, 11) is 1.82. The van der Waals surface area contributed by atoms with E-state index in [4.69, 9.17) is 10.4 Å². The Hall–Kier alpha value is -2.33. The Balaban J connectivity index is 2.20. The fraction of sp³-hybridized carbons (Fsp3) is 0.231. The van der Waals surface area contributed by atoms with Crippen molar-refractivity contribution in [3.8, 4) is 17.5 Å². The van der Waals surface area contributed by atoms with E-state index in [1.807, 2.05) is 13.1 Å². The molecule has 0 atom stereocenters. The molecule has 6 nitrogen and oxygen atoms in total. The number of nitrogens with zero attached hydrogens (tertiary/aromatic N) is 4. The minimum atomic E-state index is -0.832. The van der Waals surface area contributed by atoms with E-state index in [0.717, 1.165) is 5.56 Å². The van der Waals surface area contributed by atoms with E-state index in [1.54, 1.807) is 22.8 Å². The average Bonchev–Trinajstić information content (AvgIpc) is 2.80. The zero-order valence-electron chi connectivity index (χ0n) is 10.8. The van der Waals surface area contributed by atoms with Gasteiger partial charge in [0.15, 0.2) is 11.0 Å². The molecule has 0 unspecified atom stereocenters. The number of carboxylic acids is 1. The van der Waals surface area contributed by atoms with Gasteiger partial charge in [-0.25, -0.2) is 0 Å². The molecule has 1 aromatic heterocycles. The highest BCUT2D eigenvalue weighted by Crippen LogP contribution is 2.23. The predicted molar refractivity (Wildman–Crippen MR) is 74.1 cm³/mol. The molecule has 102 valence electrons. The van der Waals surface area contributed by atoms with E-state index in [0.29, 0.717) is 22.3 Å². The van der Waals surface area contributed by atoms with E-state index < -0.39 is 5.97 Å². The lowest BCUT2D eigenvalue weighted by Gasteiger charge is -2.03. The normalized spacial score (nSPS) is 10.2. The summed E-state index contributed by atoms with van der Waals surface area (Å²) in [6.45, 7) is 0. The van der Waals surface area contributed by atoms with Gasteiger partial charge in [-0.1, -0.05) is 23.9 Å². The third kappa shape index (κ3) is 3.16. The second-order valence-electron chi connectivity index (χ2n) is 4.05. The van der Waals surface area contributed by atoms with Crippen molar-refractivity contribution in [2.75, 3.05) is 5.75 Å². The summed E-state index contributed by atoms with van der Waals surface area (Å²) in [4.78, 5) is 10.5. The van der Waals surface area contributed by atoms with Gasteiger partial charge in [-0.15, -0.1) is 10.2 Å². The fourth-order valence-corrected chi connectivity index (χ4v) is 2.49. The molecule has 2 aromatic rings. The lowest BCUT2D eigenvalue weighted by Crippen LogP contribution is -1.99. The van der Waals surface area contributed by atoms with Gasteiger partial charge in [0, 0.05) is 18.4 Å². The second-order valence-corrected chi connectivity index (χ2v) is 5.11. The molecule has 0 radical (unpaired) electrons. The van der Waals surface area contributed by atoms with Crippen molar-refractivity contribution >= 4 is 17.7 Å². The maximum atomic E-state index is 10.5. The molecular formula is C13H12N4O2S. The van der Waals surface area contributed by atoms with Gasteiger partial charge < -0.3 is 9.67 Å². The Morgan fingerprint density at radius 3 is 3.00 bits per heavy atom. The predicted octanol–water partition coefficient (Wildman–Crippen LogP) is 1.92. The number of carbonyl (C=O) groups is 1. The topological polar surface area (TPSA) is 91.8 Å². The first-order valence-corrected chi connectivity index (χ1v) is 6.85. The van der Waals surface area contributed by atoms with E-state index in [1.165, 1.54) is 11.8 Å². The van der Waals surface area contributed by atoms with Crippen LogP contribution in [0.2, 0.25) is 0 Å². The number of thioether (sulfide) groups is 1. The van der Waals surface area contributed by atoms with E-state index in [-0.39, 0.29) is 6.42 Å². The molecule has 1 heterocycles. The van der Waals surface area contributed by atoms with Crippen molar-refractivity contribution in [2.24, 2.45) is 7.05 Å². The van der Waals surface area contributed by atoms with Gasteiger partial charge >= 0.3 is 5.97 Å². The molecule has 0 saturated heterocycles.